The molecule has 1 aromatic carbocycles. The van der Waals surface area contributed by atoms with Crippen molar-refractivity contribution in [3.05, 3.63) is 34.3 Å². The normalized spacial score (nSPS) is 18.9. The molecular formula is C14H18BrN3OS. The van der Waals surface area contributed by atoms with E-state index in [1.807, 2.05) is 31.2 Å². The molecule has 2 rings (SSSR count). The maximum absolute atomic E-state index is 5.52. The van der Waals surface area contributed by atoms with Crippen LogP contribution in [0.25, 0.3) is 0 Å². The van der Waals surface area contributed by atoms with Crippen molar-refractivity contribution in [1.82, 2.24) is 10.7 Å². The van der Waals surface area contributed by atoms with E-state index in [-0.39, 0.29) is 6.10 Å². The predicted octanol–water partition coefficient (Wildman–Crippen LogP) is 2.82. The molecule has 4 nitrogen and oxygen atoms in total. The minimum Gasteiger partial charge on any atom is -0.376 e. The van der Waals surface area contributed by atoms with Crippen molar-refractivity contribution in [1.29, 1.82) is 0 Å². The molecule has 1 saturated heterocycles. The summed E-state index contributed by atoms with van der Waals surface area (Å²) in [6, 6.07) is 7.99. The molecule has 0 spiro atoms. The van der Waals surface area contributed by atoms with Crippen molar-refractivity contribution < 1.29 is 4.74 Å². The molecule has 1 atom stereocenters. The molecule has 108 valence electrons. The number of nitrogens with zero attached hydrogens (tertiary/aromatic N) is 1. The molecule has 1 heterocycles. The van der Waals surface area contributed by atoms with Gasteiger partial charge in [0, 0.05) is 17.6 Å². The Morgan fingerprint density at radius 3 is 3.10 bits per heavy atom. The van der Waals surface area contributed by atoms with Crippen molar-refractivity contribution in [2.45, 2.75) is 25.9 Å². The van der Waals surface area contributed by atoms with Gasteiger partial charge in [-0.2, -0.15) is 5.10 Å². The molecule has 0 radical (unpaired) electrons. The summed E-state index contributed by atoms with van der Waals surface area (Å²) in [6.07, 6.45) is 2.49. The second-order valence-corrected chi connectivity index (χ2v) is 5.99. The fourth-order valence-corrected chi connectivity index (χ4v) is 2.49. The molecule has 1 aliphatic heterocycles. The molecule has 0 amide bonds. The number of benzene rings is 1. The fourth-order valence-electron chi connectivity index (χ4n) is 1.96. The topological polar surface area (TPSA) is 45.7 Å². The zero-order chi connectivity index (χ0) is 14.4. The molecule has 1 aliphatic rings. The van der Waals surface area contributed by atoms with Crippen LogP contribution in [0.3, 0.4) is 0 Å². The quantitative estimate of drug-likeness (QED) is 0.495. The first-order chi connectivity index (χ1) is 9.65. The van der Waals surface area contributed by atoms with Crippen LogP contribution in [0.1, 0.15) is 25.3 Å². The smallest absolute Gasteiger partial charge is 0.187 e. The van der Waals surface area contributed by atoms with Gasteiger partial charge in [-0.1, -0.05) is 28.1 Å². The lowest BCUT2D eigenvalue weighted by atomic mass is 10.1. The van der Waals surface area contributed by atoms with E-state index in [1.54, 1.807) is 0 Å². The zero-order valence-electron chi connectivity index (χ0n) is 11.4. The summed E-state index contributed by atoms with van der Waals surface area (Å²) >= 11 is 8.63. The van der Waals surface area contributed by atoms with E-state index in [2.05, 4.69) is 31.8 Å². The average Bonchev–Trinajstić information content (AvgIpc) is 2.95. The van der Waals surface area contributed by atoms with Gasteiger partial charge in [0.25, 0.3) is 0 Å². The summed E-state index contributed by atoms with van der Waals surface area (Å²) in [7, 11) is 0. The van der Waals surface area contributed by atoms with Gasteiger partial charge in [0.1, 0.15) is 0 Å². The Labute approximate surface area is 133 Å². The summed E-state index contributed by atoms with van der Waals surface area (Å²) in [5.74, 6) is 0. The van der Waals surface area contributed by atoms with Gasteiger partial charge in [-0.3, -0.25) is 5.43 Å². The maximum atomic E-state index is 5.52. The molecular weight excluding hydrogens is 338 g/mol. The Kier molecular flexibility index (Phi) is 5.94. The van der Waals surface area contributed by atoms with E-state index in [1.165, 1.54) is 0 Å². The summed E-state index contributed by atoms with van der Waals surface area (Å²) in [5, 5.41) is 7.93. The van der Waals surface area contributed by atoms with Gasteiger partial charge in [0.2, 0.25) is 0 Å². The zero-order valence-corrected chi connectivity index (χ0v) is 13.8. The third kappa shape index (κ3) is 4.85. The third-order valence-electron chi connectivity index (χ3n) is 3.08. The van der Waals surface area contributed by atoms with E-state index >= 15 is 0 Å². The second kappa shape index (κ2) is 7.71. The molecule has 6 heteroatoms. The first-order valence-corrected chi connectivity index (χ1v) is 7.81. The highest BCUT2D eigenvalue weighted by Crippen LogP contribution is 2.12. The highest BCUT2D eigenvalue weighted by molar-refractivity contribution is 9.10. The first-order valence-electron chi connectivity index (χ1n) is 6.61. The van der Waals surface area contributed by atoms with Gasteiger partial charge in [-0.15, -0.1) is 0 Å². The predicted molar refractivity (Wildman–Crippen MR) is 89.1 cm³/mol. The molecule has 0 aliphatic carbocycles. The Balaban J connectivity index is 1.80. The standard InChI is InChI=1S/C14H18BrN3OS/c1-10(11-4-2-5-12(15)8-11)17-18-14(20)16-9-13-6-3-7-19-13/h2,4-5,8,13H,3,6-7,9H2,1H3,(H2,16,18,20)/b17-10-/t13-/m0/s1. The van der Waals surface area contributed by atoms with Crippen LogP contribution in [-0.4, -0.2) is 30.1 Å². The molecule has 20 heavy (non-hydrogen) atoms. The summed E-state index contributed by atoms with van der Waals surface area (Å²) < 4.78 is 6.55. The van der Waals surface area contributed by atoms with E-state index in [0.717, 1.165) is 41.7 Å². The Bertz CT molecular complexity index is 501. The van der Waals surface area contributed by atoms with Crippen LogP contribution in [0, 0.1) is 0 Å². The van der Waals surface area contributed by atoms with Crippen LogP contribution in [0.2, 0.25) is 0 Å². The van der Waals surface area contributed by atoms with Gasteiger partial charge < -0.3 is 10.1 Å². The molecule has 1 aromatic rings. The van der Waals surface area contributed by atoms with E-state index in [9.17, 15) is 0 Å². The number of thiocarbonyl (C=S) groups is 1. The van der Waals surface area contributed by atoms with Crippen LogP contribution in [-0.2, 0) is 4.74 Å². The number of hydrazone groups is 1. The van der Waals surface area contributed by atoms with E-state index < -0.39 is 0 Å². The fraction of sp³-hybridized carbons (Fsp3) is 0.429. The van der Waals surface area contributed by atoms with Crippen LogP contribution >= 0.6 is 28.1 Å². The van der Waals surface area contributed by atoms with Crippen molar-refractivity contribution in [2.24, 2.45) is 5.10 Å². The Morgan fingerprint density at radius 1 is 1.55 bits per heavy atom. The lowest BCUT2D eigenvalue weighted by Crippen LogP contribution is -2.37. The van der Waals surface area contributed by atoms with E-state index in [4.69, 9.17) is 17.0 Å². The first kappa shape index (κ1) is 15.4. The maximum Gasteiger partial charge on any atom is 0.187 e. The van der Waals surface area contributed by atoms with Crippen molar-refractivity contribution in [2.75, 3.05) is 13.2 Å². The molecule has 2 N–H and O–H groups in total. The lowest BCUT2D eigenvalue weighted by Gasteiger charge is -2.12. The van der Waals surface area contributed by atoms with Gasteiger partial charge in [0.05, 0.1) is 11.8 Å². The van der Waals surface area contributed by atoms with Crippen LogP contribution in [0.5, 0.6) is 0 Å². The number of hydrogen-bond donors (Lipinski definition) is 2. The SMILES string of the molecule is C/C(=N/NC(=S)NC[C@@H]1CCCO1)c1cccc(Br)c1. The van der Waals surface area contributed by atoms with Crippen molar-refractivity contribution in [3.63, 3.8) is 0 Å². The molecule has 0 bridgehead atoms. The summed E-state index contributed by atoms with van der Waals surface area (Å²) in [5.41, 5.74) is 4.79. The minimum atomic E-state index is 0.268. The Morgan fingerprint density at radius 2 is 2.40 bits per heavy atom. The van der Waals surface area contributed by atoms with Gasteiger partial charge >= 0.3 is 0 Å². The second-order valence-electron chi connectivity index (χ2n) is 4.66. The number of ether oxygens (including phenoxy) is 1. The molecule has 0 saturated carbocycles. The van der Waals surface area contributed by atoms with E-state index in [0.29, 0.717) is 5.11 Å². The van der Waals surface area contributed by atoms with Crippen LogP contribution in [0.15, 0.2) is 33.8 Å². The Hall–Kier alpha value is -0.980. The molecule has 0 unspecified atom stereocenters. The summed E-state index contributed by atoms with van der Waals surface area (Å²) in [6.45, 7) is 3.53. The highest BCUT2D eigenvalue weighted by Gasteiger charge is 2.15. The van der Waals surface area contributed by atoms with Crippen LogP contribution < -0.4 is 10.7 Å². The van der Waals surface area contributed by atoms with Gasteiger partial charge in [0.15, 0.2) is 5.11 Å². The van der Waals surface area contributed by atoms with Crippen LogP contribution in [0.4, 0.5) is 0 Å². The van der Waals surface area contributed by atoms with Crippen molar-refractivity contribution >= 4 is 39.0 Å². The third-order valence-corrected chi connectivity index (χ3v) is 3.81. The number of rotatable bonds is 4. The van der Waals surface area contributed by atoms with Crippen molar-refractivity contribution in [3.8, 4) is 0 Å². The molecule has 0 aromatic heterocycles. The monoisotopic (exact) mass is 355 g/mol. The number of halogens is 1. The number of nitrogens with one attached hydrogen (secondary N) is 2. The highest BCUT2D eigenvalue weighted by atomic mass is 79.9. The average molecular weight is 356 g/mol. The van der Waals surface area contributed by atoms with Gasteiger partial charge in [-0.25, -0.2) is 0 Å². The van der Waals surface area contributed by atoms with Gasteiger partial charge in [-0.05, 0) is 49.7 Å². The lowest BCUT2D eigenvalue weighted by molar-refractivity contribution is 0.114. The number of hydrogen-bond acceptors (Lipinski definition) is 3. The molecule has 1 fully saturated rings. The minimum absolute atomic E-state index is 0.268. The summed E-state index contributed by atoms with van der Waals surface area (Å²) in [4.78, 5) is 0. The largest absolute Gasteiger partial charge is 0.376 e.